The highest BCUT2D eigenvalue weighted by Crippen LogP contribution is 2.26. The lowest BCUT2D eigenvalue weighted by molar-refractivity contribution is 0.0636. The number of carbonyl (C=O) groups is 4. The molecule has 0 unspecified atom stereocenters. The SMILES string of the molecule is Nc1ccc2c(c1)C(=O)N(CCCCCCCCCCCN1C(=O)c3ccc(N)cc3C1=O)C2=O. The highest BCUT2D eigenvalue weighted by Gasteiger charge is 2.35. The first-order valence-corrected chi connectivity index (χ1v) is 12.4. The van der Waals surface area contributed by atoms with E-state index in [1.165, 1.54) is 9.80 Å². The van der Waals surface area contributed by atoms with E-state index in [9.17, 15) is 19.2 Å². The number of imide groups is 2. The molecule has 0 spiro atoms. The van der Waals surface area contributed by atoms with Gasteiger partial charge in [-0.05, 0) is 49.2 Å². The Hall–Kier alpha value is -3.68. The van der Waals surface area contributed by atoms with Gasteiger partial charge in [0.25, 0.3) is 23.6 Å². The Morgan fingerprint density at radius 1 is 0.457 bits per heavy atom. The average Bonchev–Trinajstić information content (AvgIpc) is 3.21. The summed E-state index contributed by atoms with van der Waals surface area (Å²) in [6.07, 6.45) is 9.01. The van der Waals surface area contributed by atoms with E-state index in [1.807, 2.05) is 0 Å². The van der Waals surface area contributed by atoms with Crippen molar-refractivity contribution >= 4 is 35.0 Å². The summed E-state index contributed by atoms with van der Waals surface area (Å²) in [4.78, 5) is 52.4. The molecule has 0 saturated carbocycles. The third kappa shape index (κ3) is 5.21. The molecule has 184 valence electrons. The number of nitrogens with zero attached hydrogens (tertiary/aromatic N) is 2. The van der Waals surface area contributed by atoms with Crippen LogP contribution in [0, 0.1) is 0 Å². The van der Waals surface area contributed by atoms with Crippen molar-refractivity contribution in [2.45, 2.75) is 57.8 Å². The van der Waals surface area contributed by atoms with Crippen molar-refractivity contribution in [3.8, 4) is 0 Å². The second-order valence-electron chi connectivity index (χ2n) is 9.32. The number of rotatable bonds is 12. The molecule has 0 aromatic heterocycles. The molecule has 4 rings (SSSR count). The number of benzene rings is 2. The summed E-state index contributed by atoms with van der Waals surface area (Å²) >= 11 is 0. The number of unbranched alkanes of at least 4 members (excludes halogenated alkanes) is 8. The van der Waals surface area contributed by atoms with E-state index in [0.29, 0.717) is 46.7 Å². The first-order valence-electron chi connectivity index (χ1n) is 12.4. The lowest BCUT2D eigenvalue weighted by Gasteiger charge is -2.13. The van der Waals surface area contributed by atoms with E-state index < -0.39 is 0 Å². The summed E-state index contributed by atoms with van der Waals surface area (Å²) in [5.41, 5.74) is 14.1. The fourth-order valence-corrected chi connectivity index (χ4v) is 4.80. The molecule has 2 aromatic carbocycles. The average molecular weight is 477 g/mol. The van der Waals surface area contributed by atoms with E-state index in [0.717, 1.165) is 57.8 Å². The van der Waals surface area contributed by atoms with E-state index in [2.05, 4.69) is 0 Å². The lowest BCUT2D eigenvalue weighted by Crippen LogP contribution is -2.30. The summed E-state index contributed by atoms with van der Waals surface area (Å²) in [5.74, 6) is -0.948. The summed E-state index contributed by atoms with van der Waals surface area (Å²) in [5, 5.41) is 0. The van der Waals surface area contributed by atoms with Gasteiger partial charge < -0.3 is 11.5 Å². The van der Waals surface area contributed by atoms with Crippen LogP contribution in [-0.2, 0) is 0 Å². The van der Waals surface area contributed by atoms with Crippen molar-refractivity contribution in [3.63, 3.8) is 0 Å². The zero-order chi connectivity index (χ0) is 24.9. The molecule has 0 saturated heterocycles. The zero-order valence-corrected chi connectivity index (χ0v) is 19.9. The number of nitrogens with two attached hydrogens (primary N) is 2. The summed E-state index contributed by atoms with van der Waals surface area (Å²) in [7, 11) is 0. The molecule has 2 aliphatic heterocycles. The number of nitrogen functional groups attached to an aromatic ring is 2. The minimum absolute atomic E-state index is 0.227. The van der Waals surface area contributed by atoms with Gasteiger partial charge in [-0.1, -0.05) is 44.9 Å². The molecular weight excluding hydrogens is 444 g/mol. The zero-order valence-electron chi connectivity index (χ0n) is 19.9. The Morgan fingerprint density at radius 2 is 0.771 bits per heavy atom. The molecule has 0 atom stereocenters. The van der Waals surface area contributed by atoms with E-state index >= 15 is 0 Å². The third-order valence-corrected chi connectivity index (χ3v) is 6.75. The standard InChI is InChI=1S/C27H32N4O4/c28-18-10-12-20-22(16-18)26(34)30(24(20)32)14-8-6-4-2-1-3-5-7-9-15-31-25(33)21-13-11-19(29)17-23(21)27(31)35/h10-13,16-17H,1-9,14-15,28-29H2. The molecule has 0 aliphatic carbocycles. The molecule has 35 heavy (non-hydrogen) atoms. The van der Waals surface area contributed by atoms with Crippen molar-refractivity contribution in [1.29, 1.82) is 0 Å². The van der Waals surface area contributed by atoms with Crippen LogP contribution in [0.2, 0.25) is 0 Å². The first kappa shape index (κ1) is 24.4. The van der Waals surface area contributed by atoms with Crippen LogP contribution in [-0.4, -0.2) is 46.5 Å². The van der Waals surface area contributed by atoms with Crippen molar-refractivity contribution in [2.75, 3.05) is 24.6 Å². The molecule has 0 radical (unpaired) electrons. The van der Waals surface area contributed by atoms with Gasteiger partial charge in [0.15, 0.2) is 0 Å². The molecule has 4 amide bonds. The molecule has 2 heterocycles. The number of amides is 4. The number of hydrogen-bond acceptors (Lipinski definition) is 6. The van der Waals surface area contributed by atoms with Crippen molar-refractivity contribution in [2.24, 2.45) is 0 Å². The number of hydrogen-bond donors (Lipinski definition) is 2. The molecule has 2 aromatic rings. The van der Waals surface area contributed by atoms with Crippen LogP contribution in [0.15, 0.2) is 36.4 Å². The van der Waals surface area contributed by atoms with E-state index in [-0.39, 0.29) is 23.6 Å². The highest BCUT2D eigenvalue weighted by molar-refractivity contribution is 6.22. The molecule has 2 aliphatic rings. The van der Waals surface area contributed by atoms with Crippen LogP contribution in [0.4, 0.5) is 11.4 Å². The van der Waals surface area contributed by atoms with Crippen LogP contribution in [0.5, 0.6) is 0 Å². The Morgan fingerprint density at radius 3 is 1.14 bits per heavy atom. The maximum absolute atomic E-state index is 12.4. The number of anilines is 2. The number of carbonyl (C=O) groups excluding carboxylic acids is 4. The summed E-state index contributed by atoms with van der Waals surface area (Å²) in [6.45, 7) is 0.882. The Labute approximate surface area is 205 Å². The van der Waals surface area contributed by atoms with Gasteiger partial charge in [-0.25, -0.2) is 0 Å². The largest absolute Gasteiger partial charge is 0.399 e. The Kier molecular flexibility index (Phi) is 7.48. The maximum atomic E-state index is 12.4. The minimum Gasteiger partial charge on any atom is -0.399 e. The molecule has 4 N–H and O–H groups in total. The summed E-state index contributed by atoms with van der Waals surface area (Å²) in [6, 6.07) is 9.70. The Balaban J connectivity index is 1.04. The van der Waals surface area contributed by atoms with Gasteiger partial charge in [0.05, 0.1) is 22.3 Å². The topological polar surface area (TPSA) is 127 Å². The molecule has 8 heteroatoms. The predicted octanol–water partition coefficient (Wildman–Crippen LogP) is 4.25. The second-order valence-corrected chi connectivity index (χ2v) is 9.32. The first-order chi connectivity index (χ1) is 16.9. The van der Waals surface area contributed by atoms with Crippen molar-refractivity contribution < 1.29 is 19.2 Å². The van der Waals surface area contributed by atoms with Crippen LogP contribution in [0.1, 0.15) is 99.2 Å². The maximum Gasteiger partial charge on any atom is 0.261 e. The highest BCUT2D eigenvalue weighted by atomic mass is 16.2. The normalized spacial score (nSPS) is 14.7. The smallest absolute Gasteiger partial charge is 0.261 e. The molecule has 8 nitrogen and oxygen atoms in total. The molecule has 0 fully saturated rings. The van der Waals surface area contributed by atoms with E-state index in [4.69, 9.17) is 11.5 Å². The lowest BCUT2D eigenvalue weighted by atomic mass is 10.1. The van der Waals surface area contributed by atoms with Gasteiger partial charge >= 0.3 is 0 Å². The number of fused-ring (bicyclic) bond motifs is 2. The minimum atomic E-state index is -0.248. The van der Waals surface area contributed by atoms with Crippen LogP contribution in [0.25, 0.3) is 0 Å². The van der Waals surface area contributed by atoms with Crippen molar-refractivity contribution in [3.05, 3.63) is 58.7 Å². The van der Waals surface area contributed by atoms with Gasteiger partial charge in [0.1, 0.15) is 0 Å². The quantitative estimate of drug-likeness (QED) is 0.268. The predicted molar refractivity (Wildman–Crippen MR) is 134 cm³/mol. The summed E-state index contributed by atoms with van der Waals surface area (Å²) < 4.78 is 0. The fraction of sp³-hybridized carbons (Fsp3) is 0.407. The van der Waals surface area contributed by atoms with Crippen LogP contribution in [0.3, 0.4) is 0 Å². The van der Waals surface area contributed by atoms with Crippen LogP contribution < -0.4 is 11.5 Å². The second kappa shape index (κ2) is 10.7. The Bertz CT molecular complexity index is 1070. The molecular formula is C27H32N4O4. The molecule has 0 bridgehead atoms. The van der Waals surface area contributed by atoms with Crippen LogP contribution >= 0.6 is 0 Å². The monoisotopic (exact) mass is 476 g/mol. The van der Waals surface area contributed by atoms with Gasteiger partial charge in [-0.15, -0.1) is 0 Å². The van der Waals surface area contributed by atoms with Gasteiger partial charge in [-0.2, -0.15) is 0 Å². The van der Waals surface area contributed by atoms with Crippen molar-refractivity contribution in [1.82, 2.24) is 9.80 Å². The van der Waals surface area contributed by atoms with E-state index in [1.54, 1.807) is 36.4 Å². The van der Waals surface area contributed by atoms with Gasteiger partial charge in [-0.3, -0.25) is 29.0 Å². The fourth-order valence-electron chi connectivity index (χ4n) is 4.80. The van der Waals surface area contributed by atoms with Gasteiger partial charge in [0, 0.05) is 24.5 Å². The van der Waals surface area contributed by atoms with Gasteiger partial charge in [0.2, 0.25) is 0 Å². The third-order valence-electron chi connectivity index (χ3n) is 6.75.